The minimum Gasteiger partial charge on any atom is -0.379 e. The van der Waals surface area contributed by atoms with Crippen LogP contribution in [0.25, 0.3) is 0 Å². The molecule has 128 valence electrons. The third-order valence-electron chi connectivity index (χ3n) is 4.61. The maximum atomic E-state index is 12.2. The lowest BCUT2D eigenvalue weighted by atomic mass is 9.97. The molecule has 23 heavy (non-hydrogen) atoms. The summed E-state index contributed by atoms with van der Waals surface area (Å²) in [4.78, 5) is 21.0. The van der Waals surface area contributed by atoms with Gasteiger partial charge in [0, 0.05) is 45.1 Å². The van der Waals surface area contributed by atoms with Gasteiger partial charge in [0.15, 0.2) is 5.82 Å². The highest BCUT2D eigenvalue weighted by atomic mass is 16.5. The first kappa shape index (κ1) is 16.4. The molecule has 0 aliphatic carbocycles. The van der Waals surface area contributed by atoms with Gasteiger partial charge < -0.3 is 14.2 Å². The Bertz CT molecular complexity index is 525. The van der Waals surface area contributed by atoms with Gasteiger partial charge in [-0.25, -0.2) is 0 Å². The Morgan fingerprint density at radius 1 is 1.26 bits per heavy atom. The van der Waals surface area contributed by atoms with Crippen LogP contribution >= 0.6 is 0 Å². The van der Waals surface area contributed by atoms with Crippen molar-refractivity contribution >= 4 is 5.91 Å². The van der Waals surface area contributed by atoms with E-state index >= 15 is 0 Å². The van der Waals surface area contributed by atoms with Crippen LogP contribution in [-0.2, 0) is 9.53 Å². The van der Waals surface area contributed by atoms with Crippen molar-refractivity contribution in [3.63, 3.8) is 0 Å². The molecule has 1 atom stereocenters. The zero-order valence-corrected chi connectivity index (χ0v) is 14.0. The van der Waals surface area contributed by atoms with Crippen molar-refractivity contribution < 1.29 is 14.1 Å². The molecule has 1 aromatic rings. The molecule has 7 nitrogen and oxygen atoms in total. The van der Waals surface area contributed by atoms with E-state index in [1.807, 2.05) is 18.7 Å². The lowest BCUT2D eigenvalue weighted by Crippen LogP contribution is -2.45. The summed E-state index contributed by atoms with van der Waals surface area (Å²) in [5.74, 6) is 2.08. The Hall–Kier alpha value is -1.47. The summed E-state index contributed by atoms with van der Waals surface area (Å²) in [6, 6.07) is 0. The summed E-state index contributed by atoms with van der Waals surface area (Å²) < 4.78 is 10.8. The molecule has 0 N–H and O–H groups in total. The van der Waals surface area contributed by atoms with Crippen LogP contribution in [0.5, 0.6) is 0 Å². The van der Waals surface area contributed by atoms with E-state index in [9.17, 15) is 4.79 Å². The van der Waals surface area contributed by atoms with Gasteiger partial charge >= 0.3 is 0 Å². The van der Waals surface area contributed by atoms with E-state index in [1.165, 1.54) is 0 Å². The summed E-state index contributed by atoms with van der Waals surface area (Å²) in [5, 5.41) is 4.04. The fourth-order valence-electron chi connectivity index (χ4n) is 3.07. The first-order valence-electron chi connectivity index (χ1n) is 8.55. The molecule has 0 saturated carbocycles. The van der Waals surface area contributed by atoms with Crippen molar-refractivity contribution in [2.75, 3.05) is 45.9 Å². The van der Waals surface area contributed by atoms with Crippen molar-refractivity contribution in [3.05, 3.63) is 11.7 Å². The van der Waals surface area contributed by atoms with Gasteiger partial charge in [0.25, 0.3) is 0 Å². The predicted molar refractivity (Wildman–Crippen MR) is 84.2 cm³/mol. The third-order valence-corrected chi connectivity index (χ3v) is 4.61. The zero-order valence-electron chi connectivity index (χ0n) is 14.0. The van der Waals surface area contributed by atoms with Gasteiger partial charge in [0.1, 0.15) is 0 Å². The van der Waals surface area contributed by atoms with Gasteiger partial charge in [-0.1, -0.05) is 19.0 Å². The standard InChI is InChI=1S/C16H26N4O3/c1-12(2)15-17-16(23-18-15)13-3-4-14(21)20(11-13)6-5-19-7-9-22-10-8-19/h12-13H,3-11H2,1-2H3. The molecule has 0 radical (unpaired) electrons. The number of likely N-dealkylation sites (tertiary alicyclic amines) is 1. The third kappa shape index (κ3) is 4.09. The Kier molecular flexibility index (Phi) is 5.27. The van der Waals surface area contributed by atoms with Crippen LogP contribution in [-0.4, -0.2) is 71.8 Å². The van der Waals surface area contributed by atoms with E-state index in [0.29, 0.717) is 18.9 Å². The molecule has 2 saturated heterocycles. The molecule has 1 aromatic heterocycles. The number of nitrogens with zero attached hydrogens (tertiary/aromatic N) is 4. The molecule has 2 aliphatic rings. The normalized spacial score (nSPS) is 23.7. The highest BCUT2D eigenvalue weighted by molar-refractivity contribution is 5.77. The van der Waals surface area contributed by atoms with Gasteiger partial charge in [-0.15, -0.1) is 0 Å². The fourth-order valence-corrected chi connectivity index (χ4v) is 3.07. The lowest BCUT2D eigenvalue weighted by molar-refractivity contribution is -0.134. The number of piperidine rings is 1. The lowest BCUT2D eigenvalue weighted by Gasteiger charge is -2.34. The van der Waals surface area contributed by atoms with Crippen LogP contribution in [0.1, 0.15) is 50.2 Å². The maximum absolute atomic E-state index is 12.2. The number of rotatable bonds is 5. The van der Waals surface area contributed by atoms with Crippen LogP contribution in [0.4, 0.5) is 0 Å². The van der Waals surface area contributed by atoms with Crippen molar-refractivity contribution in [2.45, 2.75) is 38.5 Å². The topological polar surface area (TPSA) is 71.7 Å². The monoisotopic (exact) mass is 322 g/mol. The second-order valence-corrected chi connectivity index (χ2v) is 6.67. The molecule has 1 unspecified atom stereocenters. The van der Waals surface area contributed by atoms with Crippen molar-refractivity contribution in [3.8, 4) is 0 Å². The van der Waals surface area contributed by atoms with E-state index in [2.05, 4.69) is 15.0 Å². The average Bonchev–Trinajstić information content (AvgIpc) is 3.05. The smallest absolute Gasteiger partial charge is 0.231 e. The van der Waals surface area contributed by atoms with Crippen LogP contribution in [0.2, 0.25) is 0 Å². The first-order chi connectivity index (χ1) is 11.1. The summed E-state index contributed by atoms with van der Waals surface area (Å²) in [5.41, 5.74) is 0. The highest BCUT2D eigenvalue weighted by Gasteiger charge is 2.30. The molecule has 3 heterocycles. The number of ether oxygens (including phenoxy) is 1. The molecule has 0 spiro atoms. The summed E-state index contributed by atoms with van der Waals surface area (Å²) in [7, 11) is 0. The van der Waals surface area contributed by atoms with Crippen LogP contribution in [0.3, 0.4) is 0 Å². The van der Waals surface area contributed by atoms with Crippen LogP contribution in [0.15, 0.2) is 4.52 Å². The Labute approximate surface area is 137 Å². The molecular weight excluding hydrogens is 296 g/mol. The second-order valence-electron chi connectivity index (χ2n) is 6.67. The van der Waals surface area contributed by atoms with Crippen LogP contribution < -0.4 is 0 Å². The van der Waals surface area contributed by atoms with E-state index < -0.39 is 0 Å². The van der Waals surface area contributed by atoms with E-state index in [0.717, 1.165) is 51.6 Å². The van der Waals surface area contributed by atoms with E-state index in [-0.39, 0.29) is 17.7 Å². The zero-order chi connectivity index (χ0) is 16.2. The van der Waals surface area contributed by atoms with E-state index in [1.54, 1.807) is 0 Å². The Balaban J connectivity index is 1.56. The number of carbonyl (C=O) groups is 1. The fraction of sp³-hybridized carbons (Fsp3) is 0.812. The molecule has 2 aliphatic heterocycles. The minimum atomic E-state index is 0.164. The van der Waals surface area contributed by atoms with Crippen LogP contribution in [0, 0.1) is 0 Å². The SMILES string of the molecule is CC(C)c1noc(C2CCC(=O)N(CCN3CCOCC3)C2)n1. The second kappa shape index (κ2) is 7.40. The van der Waals surface area contributed by atoms with Gasteiger partial charge in [0.05, 0.1) is 19.1 Å². The molecule has 2 fully saturated rings. The average molecular weight is 322 g/mol. The molecule has 0 aromatic carbocycles. The molecule has 7 heteroatoms. The largest absolute Gasteiger partial charge is 0.379 e. The number of hydrogen-bond acceptors (Lipinski definition) is 6. The number of aromatic nitrogens is 2. The van der Waals surface area contributed by atoms with Crippen molar-refractivity contribution in [1.82, 2.24) is 19.9 Å². The number of hydrogen-bond donors (Lipinski definition) is 0. The van der Waals surface area contributed by atoms with Crippen molar-refractivity contribution in [1.29, 1.82) is 0 Å². The molecule has 1 amide bonds. The minimum absolute atomic E-state index is 0.164. The van der Waals surface area contributed by atoms with Gasteiger partial charge in [-0.2, -0.15) is 4.98 Å². The number of morpholine rings is 1. The van der Waals surface area contributed by atoms with Gasteiger partial charge in [0.2, 0.25) is 11.8 Å². The number of amides is 1. The molecular formula is C16H26N4O3. The van der Waals surface area contributed by atoms with Gasteiger partial charge in [-0.3, -0.25) is 9.69 Å². The predicted octanol–water partition coefficient (Wildman–Crippen LogP) is 1.23. The summed E-state index contributed by atoms with van der Waals surface area (Å²) in [6.07, 6.45) is 1.36. The molecule has 3 rings (SSSR count). The highest BCUT2D eigenvalue weighted by Crippen LogP contribution is 2.27. The maximum Gasteiger partial charge on any atom is 0.231 e. The first-order valence-corrected chi connectivity index (χ1v) is 8.55. The summed E-state index contributed by atoms with van der Waals surface area (Å²) in [6.45, 7) is 9.93. The van der Waals surface area contributed by atoms with Gasteiger partial charge in [-0.05, 0) is 6.42 Å². The van der Waals surface area contributed by atoms with E-state index in [4.69, 9.17) is 9.26 Å². The molecule has 0 bridgehead atoms. The summed E-state index contributed by atoms with van der Waals surface area (Å²) >= 11 is 0. The number of carbonyl (C=O) groups excluding carboxylic acids is 1. The Morgan fingerprint density at radius 2 is 2.04 bits per heavy atom. The quantitative estimate of drug-likeness (QED) is 0.812. The Morgan fingerprint density at radius 3 is 2.74 bits per heavy atom. The van der Waals surface area contributed by atoms with Crippen molar-refractivity contribution in [2.24, 2.45) is 0 Å².